The van der Waals surface area contributed by atoms with Gasteiger partial charge in [-0.05, 0) is 55.9 Å². The van der Waals surface area contributed by atoms with Crippen molar-refractivity contribution in [3.8, 4) is 5.75 Å². The van der Waals surface area contributed by atoms with E-state index in [9.17, 15) is 0 Å². The molecule has 112 valence electrons. The third-order valence-corrected chi connectivity index (χ3v) is 5.47. The van der Waals surface area contributed by atoms with Crippen LogP contribution in [0.1, 0.15) is 44.1 Å². The second-order valence-corrected chi connectivity index (χ2v) is 7.11. The summed E-state index contributed by atoms with van der Waals surface area (Å²) in [6.45, 7) is 2.25. The van der Waals surface area contributed by atoms with E-state index >= 15 is 0 Å². The van der Waals surface area contributed by atoms with Crippen molar-refractivity contribution in [2.45, 2.75) is 44.2 Å². The zero-order valence-corrected chi connectivity index (χ0v) is 13.5. The van der Waals surface area contributed by atoms with Crippen LogP contribution in [0.15, 0.2) is 17.7 Å². The number of rotatable bonds is 1. The molecule has 2 fully saturated rings. The summed E-state index contributed by atoms with van der Waals surface area (Å²) in [5.74, 6) is 0.804. The van der Waals surface area contributed by atoms with E-state index < -0.39 is 0 Å². The van der Waals surface area contributed by atoms with Crippen LogP contribution in [0.3, 0.4) is 0 Å². The highest BCUT2D eigenvalue weighted by atomic mass is 35.5. The topological polar surface area (TPSA) is 12.5 Å². The van der Waals surface area contributed by atoms with Crippen molar-refractivity contribution < 1.29 is 4.74 Å². The molecule has 1 saturated carbocycles. The normalized spacial score (nSPS) is 28.6. The SMILES string of the molecule is Clc1cc(Cl)c2c(c1)C=C1CCCCC1(N1CCCC1)O2. The van der Waals surface area contributed by atoms with Gasteiger partial charge in [-0.1, -0.05) is 23.2 Å². The molecule has 2 aliphatic heterocycles. The van der Waals surface area contributed by atoms with Gasteiger partial charge in [-0.15, -0.1) is 0 Å². The molecule has 4 heteroatoms. The minimum Gasteiger partial charge on any atom is -0.467 e. The summed E-state index contributed by atoms with van der Waals surface area (Å²) in [5, 5.41) is 1.29. The molecule has 0 N–H and O–H groups in total. The van der Waals surface area contributed by atoms with Crippen molar-refractivity contribution in [3.05, 3.63) is 33.3 Å². The molecular weight excluding hydrogens is 305 g/mol. The fraction of sp³-hybridized carbons (Fsp3) is 0.529. The van der Waals surface area contributed by atoms with E-state index in [2.05, 4.69) is 11.0 Å². The number of ether oxygens (including phenoxy) is 1. The number of fused-ring (bicyclic) bond motifs is 2. The quantitative estimate of drug-likeness (QED) is 0.709. The van der Waals surface area contributed by atoms with E-state index in [1.54, 1.807) is 6.07 Å². The van der Waals surface area contributed by atoms with E-state index in [1.165, 1.54) is 31.3 Å². The Labute approximate surface area is 135 Å². The monoisotopic (exact) mass is 323 g/mol. The fourth-order valence-electron chi connectivity index (χ4n) is 3.99. The van der Waals surface area contributed by atoms with Crippen molar-refractivity contribution in [2.24, 2.45) is 0 Å². The maximum Gasteiger partial charge on any atom is 0.186 e. The van der Waals surface area contributed by atoms with Crippen molar-refractivity contribution in [1.29, 1.82) is 0 Å². The summed E-state index contributed by atoms with van der Waals surface area (Å²) < 4.78 is 6.56. The molecule has 1 aliphatic carbocycles. The predicted octanol–water partition coefficient (Wildman–Crippen LogP) is 5.14. The Bertz CT molecular complexity index is 607. The Balaban J connectivity index is 1.83. The molecule has 1 unspecified atom stereocenters. The summed E-state index contributed by atoms with van der Waals surface area (Å²) in [6.07, 6.45) is 9.44. The number of hydrogen-bond donors (Lipinski definition) is 0. The van der Waals surface area contributed by atoms with Crippen LogP contribution in [0, 0.1) is 0 Å². The minimum absolute atomic E-state index is 0.251. The predicted molar refractivity (Wildman–Crippen MR) is 87.1 cm³/mol. The molecule has 0 spiro atoms. The molecule has 2 nitrogen and oxygen atoms in total. The molecule has 0 radical (unpaired) electrons. The van der Waals surface area contributed by atoms with Gasteiger partial charge in [0.25, 0.3) is 0 Å². The highest BCUT2D eigenvalue weighted by molar-refractivity contribution is 6.36. The molecule has 1 aromatic rings. The number of benzene rings is 1. The zero-order chi connectivity index (χ0) is 14.4. The van der Waals surface area contributed by atoms with E-state index in [0.29, 0.717) is 10.0 Å². The van der Waals surface area contributed by atoms with Gasteiger partial charge < -0.3 is 4.74 Å². The standard InChI is InChI=1S/C17H19Cl2NO/c18-14-10-12-9-13-5-1-2-6-17(13,20-7-3-4-8-20)21-16(12)15(19)11-14/h9-11H,1-8H2. The molecule has 1 atom stereocenters. The molecule has 21 heavy (non-hydrogen) atoms. The van der Waals surface area contributed by atoms with Crippen molar-refractivity contribution in [1.82, 2.24) is 4.90 Å². The maximum atomic E-state index is 6.56. The van der Waals surface area contributed by atoms with Crippen LogP contribution < -0.4 is 4.74 Å². The lowest BCUT2D eigenvalue weighted by Gasteiger charge is -2.48. The van der Waals surface area contributed by atoms with Gasteiger partial charge in [-0.3, -0.25) is 4.90 Å². The first kappa shape index (κ1) is 13.9. The molecule has 0 amide bonds. The Hall–Kier alpha value is -0.700. The maximum absolute atomic E-state index is 6.56. The van der Waals surface area contributed by atoms with E-state index in [1.807, 2.05) is 6.07 Å². The zero-order valence-electron chi connectivity index (χ0n) is 12.0. The van der Waals surface area contributed by atoms with Gasteiger partial charge in [0.1, 0.15) is 5.75 Å². The smallest absolute Gasteiger partial charge is 0.186 e. The lowest BCUT2D eigenvalue weighted by atomic mass is 9.82. The van der Waals surface area contributed by atoms with Gasteiger partial charge in [-0.25, -0.2) is 0 Å². The van der Waals surface area contributed by atoms with Crippen LogP contribution in [0.5, 0.6) is 5.75 Å². The van der Waals surface area contributed by atoms with Crippen LogP contribution >= 0.6 is 23.2 Å². The van der Waals surface area contributed by atoms with Gasteiger partial charge in [0.15, 0.2) is 5.72 Å². The summed E-state index contributed by atoms with van der Waals surface area (Å²) in [6, 6.07) is 3.74. The van der Waals surface area contributed by atoms with Crippen LogP contribution in [0.25, 0.3) is 6.08 Å². The molecule has 1 aromatic carbocycles. The third kappa shape index (κ3) is 2.19. The van der Waals surface area contributed by atoms with Crippen LogP contribution in [-0.2, 0) is 0 Å². The highest BCUT2D eigenvalue weighted by Gasteiger charge is 2.47. The van der Waals surface area contributed by atoms with Crippen LogP contribution in [0.2, 0.25) is 10.0 Å². The molecule has 3 aliphatic rings. The van der Waals surface area contributed by atoms with Crippen molar-refractivity contribution >= 4 is 29.3 Å². The molecule has 2 heterocycles. The summed E-state index contributed by atoms with van der Waals surface area (Å²) >= 11 is 12.5. The average Bonchev–Trinajstić information content (AvgIpc) is 3.00. The lowest BCUT2D eigenvalue weighted by molar-refractivity contribution is -0.0612. The summed E-state index contributed by atoms with van der Waals surface area (Å²) in [7, 11) is 0. The van der Waals surface area contributed by atoms with Crippen LogP contribution in [0.4, 0.5) is 0 Å². The summed E-state index contributed by atoms with van der Waals surface area (Å²) in [5.41, 5.74) is 2.18. The second kappa shape index (κ2) is 5.19. The van der Waals surface area contributed by atoms with Gasteiger partial charge in [-0.2, -0.15) is 0 Å². The van der Waals surface area contributed by atoms with E-state index in [-0.39, 0.29) is 5.72 Å². The van der Waals surface area contributed by atoms with E-state index in [0.717, 1.165) is 37.2 Å². The molecular formula is C17H19Cl2NO. The van der Waals surface area contributed by atoms with Gasteiger partial charge >= 0.3 is 0 Å². The molecule has 0 aromatic heterocycles. The molecule has 4 rings (SSSR count). The second-order valence-electron chi connectivity index (χ2n) is 6.26. The number of halogens is 2. The number of nitrogens with zero attached hydrogens (tertiary/aromatic N) is 1. The van der Waals surface area contributed by atoms with Gasteiger partial charge in [0, 0.05) is 30.1 Å². The number of hydrogen-bond acceptors (Lipinski definition) is 2. The molecule has 0 bridgehead atoms. The summed E-state index contributed by atoms with van der Waals surface area (Å²) in [4.78, 5) is 2.52. The largest absolute Gasteiger partial charge is 0.467 e. The Morgan fingerprint density at radius 2 is 1.86 bits per heavy atom. The average molecular weight is 324 g/mol. The van der Waals surface area contributed by atoms with Gasteiger partial charge in [0.05, 0.1) is 5.02 Å². The third-order valence-electron chi connectivity index (χ3n) is 4.97. The lowest BCUT2D eigenvalue weighted by Crippen LogP contribution is -2.55. The van der Waals surface area contributed by atoms with Crippen LogP contribution in [-0.4, -0.2) is 23.7 Å². The Morgan fingerprint density at radius 1 is 1.05 bits per heavy atom. The van der Waals surface area contributed by atoms with Gasteiger partial charge in [0.2, 0.25) is 0 Å². The first-order valence-electron chi connectivity index (χ1n) is 7.83. The fourth-order valence-corrected chi connectivity index (χ4v) is 4.54. The number of likely N-dealkylation sites (tertiary alicyclic amines) is 1. The van der Waals surface area contributed by atoms with E-state index in [4.69, 9.17) is 27.9 Å². The Kier molecular flexibility index (Phi) is 3.44. The first-order valence-corrected chi connectivity index (χ1v) is 8.59. The highest BCUT2D eigenvalue weighted by Crippen LogP contribution is 2.49. The Morgan fingerprint density at radius 3 is 2.67 bits per heavy atom. The molecule has 1 saturated heterocycles. The first-order chi connectivity index (χ1) is 10.2. The van der Waals surface area contributed by atoms with Crippen molar-refractivity contribution in [3.63, 3.8) is 0 Å². The minimum atomic E-state index is -0.251. The van der Waals surface area contributed by atoms with Crippen molar-refractivity contribution in [2.75, 3.05) is 13.1 Å².